The summed E-state index contributed by atoms with van der Waals surface area (Å²) in [5.41, 5.74) is 0.359. The van der Waals surface area contributed by atoms with Crippen LogP contribution in [0.15, 0.2) is 18.2 Å². The van der Waals surface area contributed by atoms with E-state index in [1.54, 1.807) is 19.1 Å². The van der Waals surface area contributed by atoms with Crippen LogP contribution in [-0.4, -0.2) is 25.2 Å². The third kappa shape index (κ3) is 2.30. The van der Waals surface area contributed by atoms with Crippen LogP contribution in [0.3, 0.4) is 0 Å². The van der Waals surface area contributed by atoms with Crippen molar-refractivity contribution in [1.29, 1.82) is 0 Å². The van der Waals surface area contributed by atoms with Crippen LogP contribution < -0.4 is 10.1 Å². The molecule has 2 rings (SSSR count). The molecule has 1 aliphatic rings. The number of fused-ring (bicyclic) bond motifs is 1. The van der Waals surface area contributed by atoms with Gasteiger partial charge in [-0.1, -0.05) is 6.07 Å². The number of alkyl halides is 2. The van der Waals surface area contributed by atoms with Gasteiger partial charge in [-0.2, -0.15) is 8.78 Å². The average molecular weight is 243 g/mol. The van der Waals surface area contributed by atoms with Gasteiger partial charge in [-0.3, -0.25) is 0 Å². The third-order valence-electron chi connectivity index (χ3n) is 2.25. The van der Waals surface area contributed by atoms with Crippen LogP contribution in [0.25, 0.3) is 0 Å². The van der Waals surface area contributed by atoms with E-state index in [0.29, 0.717) is 5.69 Å². The van der Waals surface area contributed by atoms with Gasteiger partial charge >= 0.3 is 12.1 Å². The first-order valence-electron chi connectivity index (χ1n) is 5.14. The molecule has 0 bridgehead atoms. The molecule has 1 heterocycles. The average Bonchev–Trinajstić information content (AvgIpc) is 2.27. The van der Waals surface area contributed by atoms with E-state index in [0.717, 1.165) is 0 Å². The number of hydrogen-bond acceptors (Lipinski definition) is 4. The van der Waals surface area contributed by atoms with E-state index in [9.17, 15) is 13.6 Å². The fourth-order valence-corrected chi connectivity index (χ4v) is 1.54. The number of carbonyl (C=O) groups is 1. The van der Waals surface area contributed by atoms with Gasteiger partial charge in [0.2, 0.25) is 0 Å². The Labute approximate surface area is 96.5 Å². The Bertz CT molecular complexity index is 448. The number of para-hydroxylation sites is 1. The highest BCUT2D eigenvalue weighted by Crippen LogP contribution is 2.37. The highest BCUT2D eigenvalue weighted by Gasteiger charge is 2.38. The molecule has 1 aromatic rings. The zero-order chi connectivity index (χ0) is 12.5. The van der Waals surface area contributed by atoms with E-state index in [2.05, 4.69) is 10.1 Å². The number of halogens is 2. The summed E-state index contributed by atoms with van der Waals surface area (Å²) in [5, 5.41) is 2.51. The first-order chi connectivity index (χ1) is 8.03. The second-order valence-electron chi connectivity index (χ2n) is 3.50. The zero-order valence-electron chi connectivity index (χ0n) is 9.13. The minimum Gasteiger partial charge on any atom is -0.462 e. The molecule has 0 saturated heterocycles. The van der Waals surface area contributed by atoms with Crippen LogP contribution in [0.1, 0.15) is 17.3 Å². The quantitative estimate of drug-likeness (QED) is 0.809. The summed E-state index contributed by atoms with van der Waals surface area (Å²) in [5.74, 6) is -0.842. The zero-order valence-corrected chi connectivity index (χ0v) is 9.13. The van der Waals surface area contributed by atoms with Crippen molar-refractivity contribution in [2.75, 3.05) is 18.5 Å². The van der Waals surface area contributed by atoms with Crippen LogP contribution >= 0.6 is 0 Å². The highest BCUT2D eigenvalue weighted by atomic mass is 19.3. The highest BCUT2D eigenvalue weighted by molar-refractivity contribution is 5.95. The molecule has 0 aliphatic carbocycles. The maximum atomic E-state index is 13.1. The molecule has 0 saturated carbocycles. The summed E-state index contributed by atoms with van der Waals surface area (Å²) in [6.45, 7) is 1.19. The Hall–Kier alpha value is -1.85. The van der Waals surface area contributed by atoms with Crippen molar-refractivity contribution in [2.24, 2.45) is 0 Å². The summed E-state index contributed by atoms with van der Waals surface area (Å²) < 4.78 is 35.4. The van der Waals surface area contributed by atoms with Gasteiger partial charge in [0.05, 0.1) is 12.3 Å². The summed E-state index contributed by atoms with van der Waals surface area (Å²) in [4.78, 5) is 11.6. The Morgan fingerprint density at radius 2 is 2.35 bits per heavy atom. The van der Waals surface area contributed by atoms with Crippen molar-refractivity contribution in [2.45, 2.75) is 13.0 Å². The van der Waals surface area contributed by atoms with Crippen molar-refractivity contribution < 1.29 is 23.0 Å². The van der Waals surface area contributed by atoms with Gasteiger partial charge in [0.1, 0.15) is 12.1 Å². The van der Waals surface area contributed by atoms with Crippen LogP contribution in [0.5, 0.6) is 5.75 Å². The second kappa shape index (κ2) is 4.20. The Morgan fingerprint density at radius 3 is 3.06 bits per heavy atom. The molecular formula is C11H11F2NO3. The van der Waals surface area contributed by atoms with Gasteiger partial charge in [-0.05, 0) is 19.1 Å². The van der Waals surface area contributed by atoms with E-state index < -0.39 is 18.6 Å². The lowest BCUT2D eigenvalue weighted by atomic mass is 10.1. The van der Waals surface area contributed by atoms with E-state index >= 15 is 0 Å². The van der Waals surface area contributed by atoms with Gasteiger partial charge in [-0.15, -0.1) is 0 Å². The molecule has 1 N–H and O–H groups in total. The van der Waals surface area contributed by atoms with E-state index in [4.69, 9.17) is 4.74 Å². The molecule has 4 nitrogen and oxygen atoms in total. The molecule has 0 spiro atoms. The van der Waals surface area contributed by atoms with Gasteiger partial charge < -0.3 is 14.8 Å². The summed E-state index contributed by atoms with van der Waals surface area (Å²) >= 11 is 0. The molecule has 0 unspecified atom stereocenters. The molecule has 0 amide bonds. The first kappa shape index (κ1) is 11.6. The van der Waals surface area contributed by atoms with Crippen molar-refractivity contribution >= 4 is 11.7 Å². The van der Waals surface area contributed by atoms with Crippen LogP contribution in [-0.2, 0) is 4.74 Å². The minimum atomic E-state index is -3.32. The number of esters is 1. The lowest BCUT2D eigenvalue weighted by Crippen LogP contribution is -2.38. The predicted octanol–water partition coefficient (Wildman–Crippen LogP) is 2.26. The first-order valence-corrected chi connectivity index (χ1v) is 5.14. The smallest absolute Gasteiger partial charge is 0.415 e. The second-order valence-corrected chi connectivity index (χ2v) is 3.50. The largest absolute Gasteiger partial charge is 0.462 e. The fraction of sp³-hybridized carbons (Fsp3) is 0.364. The molecule has 92 valence electrons. The molecule has 1 aromatic carbocycles. The van der Waals surface area contributed by atoms with Crippen molar-refractivity contribution in [3.8, 4) is 5.75 Å². The number of benzene rings is 1. The van der Waals surface area contributed by atoms with Crippen molar-refractivity contribution in [1.82, 2.24) is 0 Å². The molecule has 0 radical (unpaired) electrons. The number of hydrogen-bond donors (Lipinski definition) is 1. The standard InChI is InChI=1S/C11H11F2NO3/c1-2-16-10(15)7-4-3-5-8-9(7)17-11(12,13)6-14-8/h3-5,14H,2,6H2,1H3. The summed E-state index contributed by atoms with van der Waals surface area (Å²) in [6.07, 6.45) is -3.32. The molecule has 0 fully saturated rings. The fourth-order valence-electron chi connectivity index (χ4n) is 1.54. The SMILES string of the molecule is CCOC(=O)c1cccc2c1OC(F)(F)CN2. The van der Waals surface area contributed by atoms with Gasteiger partial charge in [0.25, 0.3) is 0 Å². The number of carbonyl (C=O) groups excluding carboxylic acids is 1. The molecule has 0 atom stereocenters. The Balaban J connectivity index is 2.39. The number of anilines is 1. The number of nitrogens with one attached hydrogen (secondary N) is 1. The van der Waals surface area contributed by atoms with E-state index in [1.807, 2.05) is 0 Å². The Morgan fingerprint density at radius 1 is 1.59 bits per heavy atom. The topological polar surface area (TPSA) is 47.6 Å². The molecule has 1 aliphatic heterocycles. The molecular weight excluding hydrogens is 232 g/mol. The lowest BCUT2D eigenvalue weighted by Gasteiger charge is -2.27. The van der Waals surface area contributed by atoms with Crippen LogP contribution in [0, 0.1) is 0 Å². The van der Waals surface area contributed by atoms with E-state index in [1.165, 1.54) is 6.07 Å². The van der Waals surface area contributed by atoms with Crippen LogP contribution in [0.2, 0.25) is 0 Å². The molecule has 17 heavy (non-hydrogen) atoms. The molecule has 0 aromatic heterocycles. The monoisotopic (exact) mass is 243 g/mol. The predicted molar refractivity (Wildman–Crippen MR) is 56.5 cm³/mol. The number of ether oxygens (including phenoxy) is 2. The van der Waals surface area contributed by atoms with E-state index in [-0.39, 0.29) is 17.9 Å². The summed E-state index contributed by atoms with van der Waals surface area (Å²) in [6, 6.07) is 4.53. The normalized spacial score (nSPS) is 16.4. The summed E-state index contributed by atoms with van der Waals surface area (Å²) in [7, 11) is 0. The van der Waals surface area contributed by atoms with Crippen molar-refractivity contribution in [3.05, 3.63) is 23.8 Å². The minimum absolute atomic E-state index is 0.00350. The van der Waals surface area contributed by atoms with Crippen LogP contribution in [0.4, 0.5) is 14.5 Å². The lowest BCUT2D eigenvalue weighted by molar-refractivity contribution is -0.167. The third-order valence-corrected chi connectivity index (χ3v) is 2.25. The van der Waals surface area contributed by atoms with Gasteiger partial charge in [0.15, 0.2) is 5.75 Å². The maximum Gasteiger partial charge on any atom is 0.415 e. The van der Waals surface area contributed by atoms with Gasteiger partial charge in [0, 0.05) is 0 Å². The number of rotatable bonds is 2. The molecule has 6 heteroatoms. The maximum absolute atomic E-state index is 13.1. The van der Waals surface area contributed by atoms with Gasteiger partial charge in [-0.25, -0.2) is 4.79 Å². The van der Waals surface area contributed by atoms with Crippen molar-refractivity contribution in [3.63, 3.8) is 0 Å². The Kier molecular flexibility index (Phi) is 2.87.